The Morgan fingerprint density at radius 2 is 2.29 bits per heavy atom. The Balaban J connectivity index is 2.68. The summed E-state index contributed by atoms with van der Waals surface area (Å²) in [5.74, 6) is 0.985. The second-order valence-corrected chi connectivity index (χ2v) is 3.99. The van der Waals surface area contributed by atoms with Crippen LogP contribution in [-0.2, 0) is 0 Å². The maximum atomic E-state index is 11.8. The van der Waals surface area contributed by atoms with E-state index in [2.05, 4.69) is 0 Å². The van der Waals surface area contributed by atoms with Crippen molar-refractivity contribution in [2.75, 3.05) is 5.75 Å². The van der Waals surface area contributed by atoms with Gasteiger partial charge in [0.2, 0.25) is 0 Å². The van der Waals surface area contributed by atoms with Crippen LogP contribution in [0.5, 0.6) is 0 Å². The van der Waals surface area contributed by atoms with E-state index in [9.17, 15) is 4.39 Å². The number of alkyl halides is 1. The SMILES string of the molecule is CCSSC(C)F. The van der Waals surface area contributed by atoms with Crippen LogP contribution in [0, 0.1) is 0 Å². The van der Waals surface area contributed by atoms with Gasteiger partial charge in [-0.1, -0.05) is 28.5 Å². The minimum Gasteiger partial charge on any atom is -0.235 e. The van der Waals surface area contributed by atoms with Crippen molar-refractivity contribution in [3.8, 4) is 0 Å². The third-order valence-corrected chi connectivity index (χ3v) is 2.87. The molecule has 7 heavy (non-hydrogen) atoms. The van der Waals surface area contributed by atoms with Crippen LogP contribution in [0.4, 0.5) is 4.39 Å². The van der Waals surface area contributed by atoms with Crippen LogP contribution in [0.1, 0.15) is 13.8 Å². The van der Waals surface area contributed by atoms with Crippen molar-refractivity contribution in [1.82, 2.24) is 0 Å². The molecule has 0 aliphatic rings. The van der Waals surface area contributed by atoms with Gasteiger partial charge < -0.3 is 0 Å². The molecule has 0 bridgehead atoms. The third kappa shape index (κ3) is 6.63. The molecule has 0 aromatic heterocycles. The van der Waals surface area contributed by atoms with Crippen molar-refractivity contribution in [2.24, 2.45) is 0 Å². The average molecular weight is 140 g/mol. The molecule has 0 rings (SSSR count). The number of hydrogen-bond donors (Lipinski definition) is 0. The van der Waals surface area contributed by atoms with E-state index >= 15 is 0 Å². The molecule has 1 atom stereocenters. The van der Waals surface area contributed by atoms with Gasteiger partial charge in [-0.05, 0) is 6.92 Å². The predicted octanol–water partition coefficient (Wildman–Crippen LogP) is 2.70. The van der Waals surface area contributed by atoms with E-state index in [1.54, 1.807) is 17.7 Å². The van der Waals surface area contributed by atoms with Gasteiger partial charge in [-0.3, -0.25) is 0 Å². The molecular formula is C4H9FS2. The lowest BCUT2D eigenvalue weighted by Crippen LogP contribution is -1.76. The van der Waals surface area contributed by atoms with Crippen molar-refractivity contribution in [3.63, 3.8) is 0 Å². The van der Waals surface area contributed by atoms with Crippen molar-refractivity contribution >= 4 is 21.6 Å². The number of halogens is 1. The Kier molecular flexibility index (Phi) is 5.21. The lowest BCUT2D eigenvalue weighted by Gasteiger charge is -1.94. The molecule has 0 heterocycles. The van der Waals surface area contributed by atoms with Crippen molar-refractivity contribution in [1.29, 1.82) is 0 Å². The Morgan fingerprint density at radius 1 is 1.71 bits per heavy atom. The van der Waals surface area contributed by atoms with Crippen molar-refractivity contribution in [2.45, 2.75) is 19.4 Å². The lowest BCUT2D eigenvalue weighted by atomic mass is 10.9. The first-order valence-corrected chi connectivity index (χ1v) is 4.58. The van der Waals surface area contributed by atoms with E-state index in [4.69, 9.17) is 0 Å². The molecule has 0 aliphatic heterocycles. The summed E-state index contributed by atoms with van der Waals surface area (Å²) < 4.78 is 11.8. The Hall–Kier alpha value is 0.630. The molecule has 44 valence electrons. The summed E-state index contributed by atoms with van der Waals surface area (Å²) in [4.78, 5) is 0. The summed E-state index contributed by atoms with van der Waals surface area (Å²) >= 11 is 0. The highest BCUT2D eigenvalue weighted by atomic mass is 33.1. The van der Waals surface area contributed by atoms with Gasteiger partial charge in [0.1, 0.15) is 0 Å². The molecule has 0 aromatic carbocycles. The van der Waals surface area contributed by atoms with E-state index in [1.165, 1.54) is 10.8 Å². The van der Waals surface area contributed by atoms with Gasteiger partial charge in [0.05, 0.1) is 0 Å². The molecule has 3 heteroatoms. The molecule has 0 aromatic rings. The van der Waals surface area contributed by atoms with Crippen LogP contribution in [-0.4, -0.2) is 11.3 Å². The van der Waals surface area contributed by atoms with E-state index in [-0.39, 0.29) is 0 Å². The fraction of sp³-hybridized carbons (Fsp3) is 1.00. The van der Waals surface area contributed by atoms with Crippen LogP contribution in [0.15, 0.2) is 0 Å². The second kappa shape index (κ2) is 4.78. The average Bonchev–Trinajstić information content (AvgIpc) is 1.61. The number of hydrogen-bond acceptors (Lipinski definition) is 2. The van der Waals surface area contributed by atoms with Gasteiger partial charge in [-0.25, -0.2) is 4.39 Å². The topological polar surface area (TPSA) is 0 Å². The third-order valence-electron chi connectivity index (χ3n) is 0.318. The summed E-state index contributed by atoms with van der Waals surface area (Å²) in [5, 5.41) is 0. The molecule has 0 N–H and O–H groups in total. The highest BCUT2D eigenvalue weighted by Crippen LogP contribution is 2.26. The van der Waals surface area contributed by atoms with E-state index in [1.807, 2.05) is 6.92 Å². The summed E-state index contributed by atoms with van der Waals surface area (Å²) in [7, 11) is 2.84. The summed E-state index contributed by atoms with van der Waals surface area (Å²) in [5.41, 5.74) is -0.718. The van der Waals surface area contributed by atoms with Gasteiger partial charge in [0.25, 0.3) is 0 Å². The van der Waals surface area contributed by atoms with Gasteiger partial charge in [0, 0.05) is 5.75 Å². The number of rotatable bonds is 3. The molecule has 0 saturated heterocycles. The van der Waals surface area contributed by atoms with E-state index < -0.39 is 5.50 Å². The molecule has 0 nitrogen and oxygen atoms in total. The van der Waals surface area contributed by atoms with Crippen LogP contribution < -0.4 is 0 Å². The highest BCUT2D eigenvalue weighted by Gasteiger charge is 1.94. The molecule has 0 aliphatic carbocycles. The predicted molar refractivity (Wildman–Crippen MR) is 36.3 cm³/mol. The fourth-order valence-corrected chi connectivity index (χ4v) is 1.46. The van der Waals surface area contributed by atoms with Crippen LogP contribution in [0.2, 0.25) is 0 Å². The minimum atomic E-state index is -0.718. The summed E-state index contributed by atoms with van der Waals surface area (Å²) in [6.07, 6.45) is 0. The minimum absolute atomic E-state index is 0.718. The van der Waals surface area contributed by atoms with E-state index in [0.717, 1.165) is 5.75 Å². The Bertz CT molecular complexity index is 38.7. The maximum Gasteiger partial charge on any atom is 0.152 e. The van der Waals surface area contributed by atoms with Gasteiger partial charge in [-0.15, -0.1) is 0 Å². The first-order valence-electron chi connectivity index (χ1n) is 2.19. The molecule has 1 unspecified atom stereocenters. The molecule has 0 radical (unpaired) electrons. The summed E-state index contributed by atoms with van der Waals surface area (Å²) in [6, 6.07) is 0. The zero-order chi connectivity index (χ0) is 5.70. The molecule has 0 spiro atoms. The van der Waals surface area contributed by atoms with Crippen LogP contribution in [0.3, 0.4) is 0 Å². The first-order chi connectivity index (χ1) is 3.27. The van der Waals surface area contributed by atoms with Crippen molar-refractivity contribution in [3.05, 3.63) is 0 Å². The summed E-state index contributed by atoms with van der Waals surface area (Å²) in [6.45, 7) is 3.56. The second-order valence-electron chi connectivity index (χ2n) is 1.05. The molecular weight excluding hydrogens is 131 g/mol. The van der Waals surface area contributed by atoms with Gasteiger partial charge >= 0.3 is 0 Å². The highest BCUT2D eigenvalue weighted by molar-refractivity contribution is 8.76. The maximum absolute atomic E-state index is 11.8. The van der Waals surface area contributed by atoms with Gasteiger partial charge in [-0.2, -0.15) is 0 Å². The van der Waals surface area contributed by atoms with Gasteiger partial charge in [0.15, 0.2) is 5.50 Å². The Labute approximate surface area is 51.6 Å². The quantitative estimate of drug-likeness (QED) is 0.553. The van der Waals surface area contributed by atoms with Crippen molar-refractivity contribution < 1.29 is 4.39 Å². The zero-order valence-corrected chi connectivity index (χ0v) is 6.11. The normalized spacial score (nSPS) is 14.1. The molecule has 0 amide bonds. The monoisotopic (exact) mass is 140 g/mol. The molecule has 0 saturated carbocycles. The fourth-order valence-electron chi connectivity index (χ4n) is 0.162. The van der Waals surface area contributed by atoms with Crippen LogP contribution in [0.25, 0.3) is 0 Å². The standard InChI is InChI=1S/C4H9FS2/c1-3-6-7-4(2)5/h4H,3H2,1-2H3. The molecule has 0 fully saturated rings. The lowest BCUT2D eigenvalue weighted by molar-refractivity contribution is 0.486. The largest absolute Gasteiger partial charge is 0.235 e. The Morgan fingerprint density at radius 3 is 2.43 bits per heavy atom. The first kappa shape index (κ1) is 7.63. The smallest absolute Gasteiger partial charge is 0.152 e. The van der Waals surface area contributed by atoms with E-state index in [0.29, 0.717) is 0 Å². The van der Waals surface area contributed by atoms with Crippen LogP contribution >= 0.6 is 21.6 Å². The zero-order valence-electron chi connectivity index (χ0n) is 4.48.